The maximum atomic E-state index is 14.0. The number of hydrogen-bond acceptors (Lipinski definition) is 10. The van der Waals surface area contributed by atoms with Gasteiger partial charge in [-0.25, -0.2) is 0 Å². The number of phenolic OH excluding ortho intramolecular Hbond substituents is 2. The van der Waals surface area contributed by atoms with E-state index in [1.54, 1.807) is 41.7 Å². The van der Waals surface area contributed by atoms with Crippen LogP contribution in [0.5, 0.6) is 17.2 Å². The Kier molecular flexibility index (Phi) is 10.2. The first kappa shape index (κ1) is 39.5. The van der Waals surface area contributed by atoms with Crippen molar-refractivity contribution in [2.24, 2.45) is 16.3 Å². The minimum atomic E-state index is -0.0918. The normalized spacial score (nSPS) is 17.4. The number of hydrogen-bond donors (Lipinski definition) is 2. The zero-order valence-electron chi connectivity index (χ0n) is 34.9. The molecule has 1 aliphatic carbocycles. The molecule has 9 nitrogen and oxygen atoms in total. The number of carbonyl (C=O) groups excluding carboxylic acids is 1. The number of nitrogens with zero attached hydrogens (tertiary/aromatic N) is 5. The second kappa shape index (κ2) is 15.7. The van der Waals surface area contributed by atoms with Crippen molar-refractivity contribution in [3.63, 3.8) is 0 Å². The molecule has 5 heterocycles. The van der Waals surface area contributed by atoms with E-state index >= 15 is 0 Å². The second-order valence-corrected chi connectivity index (χ2v) is 19.6. The fourth-order valence-electron chi connectivity index (χ4n) is 9.85. The zero-order valence-corrected chi connectivity index (χ0v) is 36.6. The first-order chi connectivity index (χ1) is 29.5. The van der Waals surface area contributed by atoms with Crippen LogP contribution < -0.4 is 4.74 Å². The molecule has 3 aliphatic rings. The fraction of sp³-hybridized carbons (Fsp3) is 0.320. The number of phenols is 2. The monoisotopic (exact) mass is 847 g/mol. The van der Waals surface area contributed by atoms with E-state index in [0.717, 1.165) is 81.2 Å². The highest BCUT2D eigenvalue weighted by Gasteiger charge is 2.45. The average Bonchev–Trinajstić information content (AvgIpc) is 3.89. The van der Waals surface area contributed by atoms with Crippen LogP contribution in [0.15, 0.2) is 96.0 Å². The molecule has 2 aliphatic heterocycles. The van der Waals surface area contributed by atoms with Crippen molar-refractivity contribution in [1.82, 2.24) is 19.7 Å². The highest BCUT2D eigenvalue weighted by atomic mass is 32.1. The summed E-state index contributed by atoms with van der Waals surface area (Å²) in [5, 5.41) is 30.8. The lowest BCUT2D eigenvalue weighted by Gasteiger charge is -2.52. The van der Waals surface area contributed by atoms with E-state index in [2.05, 4.69) is 64.7 Å². The number of fused-ring (bicyclic) bond motifs is 4. The summed E-state index contributed by atoms with van der Waals surface area (Å²) in [5.74, 6) is 3.52. The van der Waals surface area contributed by atoms with Crippen LogP contribution >= 0.6 is 22.7 Å². The molecule has 0 amide bonds. The maximum Gasteiger partial charge on any atom is 0.195 e. The third-order valence-corrected chi connectivity index (χ3v) is 15.7. The lowest BCUT2D eigenvalue weighted by atomic mass is 9.56. The number of benzene rings is 4. The molecule has 0 bridgehead atoms. The van der Waals surface area contributed by atoms with Gasteiger partial charge in [0.2, 0.25) is 0 Å². The van der Waals surface area contributed by atoms with Gasteiger partial charge in [0.15, 0.2) is 11.6 Å². The molecule has 1 atom stereocenters. The second-order valence-electron chi connectivity index (χ2n) is 17.3. The standard InChI is InChI=1S/C50H49N5O4S2/c1-29-31(3)60-49-43(29)45(51-30(2)48-53-52-32(4)55(48)49)35-7-5-33(6-8-35)25-34-27-50(28-34)19-21-54(22-20-50)23-24-59-40-16-11-36(12-17-40)46(58)44-41-18-15-39(57)26-42(41)61-47(44)37-9-13-38(56)14-10-37/h5-18,26,30,34,56-57H,19-25,27-28H2,1-4H3/t30-/m0/s1. The molecule has 2 fully saturated rings. The Hall–Kier alpha value is -5.62. The molecule has 7 aromatic rings. The lowest BCUT2D eigenvalue weighted by Crippen LogP contribution is -2.48. The molecule has 310 valence electrons. The Morgan fingerprint density at radius 3 is 2.30 bits per heavy atom. The molecule has 1 spiro atoms. The largest absolute Gasteiger partial charge is 0.508 e. The molecule has 61 heavy (non-hydrogen) atoms. The summed E-state index contributed by atoms with van der Waals surface area (Å²) in [4.78, 5) is 23.9. The number of aliphatic imine (C=N–C) groups is 1. The fourth-order valence-corrected chi connectivity index (χ4v) is 12.3. The van der Waals surface area contributed by atoms with Gasteiger partial charge in [-0.3, -0.25) is 19.3 Å². The van der Waals surface area contributed by atoms with Crippen LogP contribution in [-0.4, -0.2) is 67.6 Å². The Balaban J connectivity index is 0.711. The number of carbonyl (C=O) groups is 1. The van der Waals surface area contributed by atoms with Crippen molar-refractivity contribution in [2.45, 2.75) is 65.8 Å². The van der Waals surface area contributed by atoms with E-state index in [0.29, 0.717) is 23.1 Å². The van der Waals surface area contributed by atoms with Gasteiger partial charge in [-0.15, -0.1) is 32.9 Å². The Morgan fingerprint density at radius 2 is 1.56 bits per heavy atom. The first-order valence-corrected chi connectivity index (χ1v) is 22.9. The predicted molar refractivity (Wildman–Crippen MR) is 244 cm³/mol. The molecule has 11 heteroatoms. The van der Waals surface area contributed by atoms with Crippen LogP contribution in [0.1, 0.15) is 93.4 Å². The highest BCUT2D eigenvalue weighted by Crippen LogP contribution is 2.53. The van der Waals surface area contributed by atoms with Gasteiger partial charge in [0.1, 0.15) is 40.7 Å². The third-order valence-electron chi connectivity index (χ3n) is 13.3. The third kappa shape index (κ3) is 7.36. The van der Waals surface area contributed by atoms with Gasteiger partial charge < -0.3 is 14.9 Å². The number of aryl methyl sites for hydroxylation is 2. The van der Waals surface area contributed by atoms with E-state index in [1.165, 1.54) is 63.6 Å². The van der Waals surface area contributed by atoms with Crippen LogP contribution in [0.3, 0.4) is 0 Å². The number of aromatic hydroxyl groups is 2. The smallest absolute Gasteiger partial charge is 0.195 e. The van der Waals surface area contributed by atoms with E-state index in [1.807, 2.05) is 43.3 Å². The summed E-state index contributed by atoms with van der Waals surface area (Å²) < 4.78 is 9.21. The summed E-state index contributed by atoms with van der Waals surface area (Å²) in [6.45, 7) is 12.2. The average molecular weight is 848 g/mol. The van der Waals surface area contributed by atoms with Crippen LogP contribution in [0.2, 0.25) is 0 Å². The zero-order chi connectivity index (χ0) is 42.0. The molecule has 1 saturated heterocycles. The van der Waals surface area contributed by atoms with Crippen molar-refractivity contribution in [1.29, 1.82) is 0 Å². The summed E-state index contributed by atoms with van der Waals surface area (Å²) in [6, 6.07) is 28.5. The molecular formula is C50H49N5O4S2. The van der Waals surface area contributed by atoms with Crippen molar-refractivity contribution in [3.05, 3.63) is 141 Å². The van der Waals surface area contributed by atoms with Crippen LogP contribution in [0, 0.1) is 32.1 Å². The van der Waals surface area contributed by atoms with Crippen LogP contribution in [0.4, 0.5) is 0 Å². The predicted octanol–water partition coefficient (Wildman–Crippen LogP) is 10.8. The molecule has 1 saturated carbocycles. The summed E-state index contributed by atoms with van der Waals surface area (Å²) >= 11 is 3.26. The molecule has 4 aromatic carbocycles. The minimum absolute atomic E-state index is 0.0806. The minimum Gasteiger partial charge on any atom is -0.508 e. The molecule has 3 aromatic heterocycles. The number of aromatic nitrogens is 3. The molecule has 2 N–H and O–H groups in total. The van der Waals surface area contributed by atoms with Gasteiger partial charge in [0.25, 0.3) is 0 Å². The van der Waals surface area contributed by atoms with Gasteiger partial charge in [-0.05, 0) is 168 Å². The summed E-state index contributed by atoms with van der Waals surface area (Å²) in [5.41, 5.74) is 8.60. The lowest BCUT2D eigenvalue weighted by molar-refractivity contribution is -0.0150. The van der Waals surface area contributed by atoms with Gasteiger partial charge >= 0.3 is 0 Å². The topological polar surface area (TPSA) is 113 Å². The van der Waals surface area contributed by atoms with Gasteiger partial charge in [-0.2, -0.15) is 0 Å². The number of thiophene rings is 2. The van der Waals surface area contributed by atoms with Gasteiger partial charge in [0, 0.05) is 48.6 Å². The number of likely N-dealkylation sites (tertiary alicyclic amines) is 1. The van der Waals surface area contributed by atoms with Gasteiger partial charge in [0.05, 0.1) is 5.71 Å². The Morgan fingerprint density at radius 1 is 0.852 bits per heavy atom. The Bertz CT molecular complexity index is 2800. The van der Waals surface area contributed by atoms with E-state index in [9.17, 15) is 15.0 Å². The molecule has 0 unspecified atom stereocenters. The number of rotatable bonds is 10. The molecule has 10 rings (SSSR count). The van der Waals surface area contributed by atoms with Gasteiger partial charge in [-0.1, -0.05) is 24.3 Å². The first-order valence-electron chi connectivity index (χ1n) is 21.3. The highest BCUT2D eigenvalue weighted by molar-refractivity contribution is 7.22. The van der Waals surface area contributed by atoms with Crippen LogP contribution in [-0.2, 0) is 6.42 Å². The van der Waals surface area contributed by atoms with Crippen molar-refractivity contribution >= 4 is 44.3 Å². The summed E-state index contributed by atoms with van der Waals surface area (Å²) in [7, 11) is 0. The van der Waals surface area contributed by atoms with Crippen LogP contribution in [0.25, 0.3) is 25.5 Å². The number of ether oxygens (including phenoxy) is 1. The van der Waals surface area contributed by atoms with Crippen molar-refractivity contribution in [3.8, 4) is 32.7 Å². The maximum absolute atomic E-state index is 14.0. The van der Waals surface area contributed by atoms with E-state index in [4.69, 9.17) is 9.73 Å². The SMILES string of the molecule is Cc1sc2c(c1C)C(c1ccc(CC3CC4(CCN(CCOc5ccc(C(=O)c6c(-c7ccc(O)cc7)sc7cc(O)ccc67)cc5)CC4)C3)cc1)=N[C@@H](C)c1nnc(C)n1-2. The Labute approximate surface area is 364 Å². The summed E-state index contributed by atoms with van der Waals surface area (Å²) in [6.07, 6.45) is 6.24. The quantitative estimate of drug-likeness (QED) is 0.132. The van der Waals surface area contributed by atoms with Crippen molar-refractivity contribution in [2.75, 3.05) is 26.2 Å². The molecular weight excluding hydrogens is 799 g/mol. The van der Waals surface area contributed by atoms with E-state index < -0.39 is 0 Å². The number of ketones is 1. The van der Waals surface area contributed by atoms with Crippen molar-refractivity contribution < 1.29 is 19.7 Å². The number of piperidine rings is 1. The molecule has 0 radical (unpaired) electrons. The van der Waals surface area contributed by atoms with E-state index in [-0.39, 0.29) is 23.3 Å².